The number of rotatable bonds is 6. The van der Waals surface area contributed by atoms with Crippen molar-refractivity contribution in [3.05, 3.63) is 39.1 Å². The summed E-state index contributed by atoms with van der Waals surface area (Å²) >= 11 is 5.21. The molecule has 8 heteroatoms. The van der Waals surface area contributed by atoms with Crippen molar-refractivity contribution in [3.8, 4) is 22.8 Å². The topological polar surface area (TPSA) is 82.3 Å². The summed E-state index contributed by atoms with van der Waals surface area (Å²) in [5.41, 5.74) is 6.05. The molecule has 0 aliphatic heterocycles. The van der Waals surface area contributed by atoms with Crippen LogP contribution in [0.2, 0.25) is 0 Å². The highest BCUT2D eigenvalue weighted by molar-refractivity contribution is 7.71. The fraction of sp³-hybridized carbons (Fsp3) is 0.333. The van der Waals surface area contributed by atoms with Crippen LogP contribution in [0.5, 0.6) is 11.5 Å². The van der Waals surface area contributed by atoms with E-state index in [-0.39, 0.29) is 16.1 Å². The number of aromatic nitrogens is 2. The lowest BCUT2D eigenvalue weighted by Crippen LogP contribution is -2.17. The Balaban J connectivity index is 2.72. The van der Waals surface area contributed by atoms with Crippen molar-refractivity contribution in [2.75, 3.05) is 20.8 Å². The van der Waals surface area contributed by atoms with E-state index in [2.05, 4.69) is 4.98 Å². The van der Waals surface area contributed by atoms with Crippen molar-refractivity contribution >= 4 is 12.2 Å². The predicted molar refractivity (Wildman–Crippen MR) is 88.1 cm³/mol. The molecule has 2 rings (SSSR count). The number of nitrogens with one attached hydrogen (secondary N) is 1. The SMILES string of the molecule is COc1cc(OC)c(-c2cc(=O)[nH]c(=S)n2CCCN)cc1F. The zero-order chi connectivity index (χ0) is 17.0. The molecule has 0 bridgehead atoms. The lowest BCUT2D eigenvalue weighted by atomic mass is 10.1. The highest BCUT2D eigenvalue weighted by atomic mass is 32.1. The average Bonchev–Trinajstić information content (AvgIpc) is 2.53. The first-order chi connectivity index (χ1) is 11.0. The molecule has 23 heavy (non-hydrogen) atoms. The van der Waals surface area contributed by atoms with Crippen LogP contribution in [0.15, 0.2) is 23.0 Å². The molecule has 124 valence electrons. The van der Waals surface area contributed by atoms with Crippen LogP contribution in [0.1, 0.15) is 6.42 Å². The number of hydrogen-bond donors (Lipinski definition) is 2. The molecule has 0 amide bonds. The third-order valence-corrected chi connectivity index (χ3v) is 3.69. The number of benzene rings is 1. The molecule has 1 aromatic heterocycles. The third-order valence-electron chi connectivity index (χ3n) is 3.37. The largest absolute Gasteiger partial charge is 0.496 e. The normalized spacial score (nSPS) is 10.6. The fourth-order valence-corrected chi connectivity index (χ4v) is 2.57. The molecular formula is C15H18FN3O3S. The van der Waals surface area contributed by atoms with Crippen molar-refractivity contribution in [2.24, 2.45) is 5.73 Å². The van der Waals surface area contributed by atoms with E-state index in [1.807, 2.05) is 0 Å². The third kappa shape index (κ3) is 3.59. The highest BCUT2D eigenvalue weighted by Crippen LogP contribution is 2.35. The van der Waals surface area contributed by atoms with Gasteiger partial charge in [0.1, 0.15) is 5.75 Å². The van der Waals surface area contributed by atoms with Gasteiger partial charge >= 0.3 is 0 Å². The van der Waals surface area contributed by atoms with Crippen LogP contribution >= 0.6 is 12.2 Å². The zero-order valence-electron chi connectivity index (χ0n) is 12.9. The molecule has 0 spiro atoms. The average molecular weight is 339 g/mol. The number of ether oxygens (including phenoxy) is 2. The van der Waals surface area contributed by atoms with E-state index in [4.69, 9.17) is 27.4 Å². The first-order valence-electron chi connectivity index (χ1n) is 6.98. The number of aromatic amines is 1. The Bertz CT molecular complexity index is 817. The molecule has 0 unspecified atom stereocenters. The molecule has 0 radical (unpaired) electrons. The van der Waals surface area contributed by atoms with E-state index in [1.165, 1.54) is 32.4 Å². The van der Waals surface area contributed by atoms with Crippen LogP contribution < -0.4 is 20.8 Å². The summed E-state index contributed by atoms with van der Waals surface area (Å²) in [6, 6.07) is 4.05. The molecule has 0 saturated heterocycles. The fourth-order valence-electron chi connectivity index (χ4n) is 2.28. The van der Waals surface area contributed by atoms with E-state index < -0.39 is 5.82 Å². The summed E-state index contributed by atoms with van der Waals surface area (Å²) in [6.07, 6.45) is 0.661. The molecule has 0 fully saturated rings. The van der Waals surface area contributed by atoms with Gasteiger partial charge in [-0.05, 0) is 31.2 Å². The summed E-state index contributed by atoms with van der Waals surface area (Å²) in [5, 5.41) is 0. The summed E-state index contributed by atoms with van der Waals surface area (Å²) in [5.74, 6) is -0.118. The molecule has 1 aromatic carbocycles. The first-order valence-corrected chi connectivity index (χ1v) is 7.38. The Kier molecular flexibility index (Phi) is 5.51. The van der Waals surface area contributed by atoms with Crippen molar-refractivity contribution in [2.45, 2.75) is 13.0 Å². The van der Waals surface area contributed by atoms with Gasteiger partial charge < -0.3 is 19.8 Å². The van der Waals surface area contributed by atoms with Gasteiger partial charge in [0.2, 0.25) is 0 Å². The monoisotopic (exact) mass is 339 g/mol. The van der Waals surface area contributed by atoms with Gasteiger partial charge in [0.05, 0.1) is 19.9 Å². The molecule has 0 atom stereocenters. The minimum atomic E-state index is -0.556. The van der Waals surface area contributed by atoms with Crippen LogP contribution in [0.4, 0.5) is 4.39 Å². The molecule has 3 N–H and O–H groups in total. The zero-order valence-corrected chi connectivity index (χ0v) is 13.7. The minimum Gasteiger partial charge on any atom is -0.496 e. The maximum atomic E-state index is 14.1. The highest BCUT2D eigenvalue weighted by Gasteiger charge is 2.16. The van der Waals surface area contributed by atoms with Gasteiger partial charge in [0.25, 0.3) is 5.56 Å². The maximum absolute atomic E-state index is 14.1. The summed E-state index contributed by atoms with van der Waals surface area (Å²) < 4.78 is 26.3. The molecule has 1 heterocycles. The number of nitrogens with two attached hydrogens (primary N) is 1. The Labute approximate surface area is 137 Å². The maximum Gasteiger partial charge on any atom is 0.252 e. The molecular weight excluding hydrogens is 321 g/mol. The minimum absolute atomic E-state index is 0.0579. The van der Waals surface area contributed by atoms with Crippen LogP contribution in [-0.2, 0) is 6.54 Å². The lowest BCUT2D eigenvalue weighted by molar-refractivity contribution is 0.374. The van der Waals surface area contributed by atoms with Crippen molar-refractivity contribution in [3.63, 3.8) is 0 Å². The van der Waals surface area contributed by atoms with E-state index in [0.29, 0.717) is 36.5 Å². The molecule has 6 nitrogen and oxygen atoms in total. The smallest absolute Gasteiger partial charge is 0.252 e. The summed E-state index contributed by atoms with van der Waals surface area (Å²) in [6.45, 7) is 0.965. The van der Waals surface area contributed by atoms with Crippen molar-refractivity contribution < 1.29 is 13.9 Å². The Morgan fingerprint density at radius 2 is 1.96 bits per heavy atom. The van der Waals surface area contributed by atoms with Crippen LogP contribution in [0.25, 0.3) is 11.3 Å². The molecule has 2 aromatic rings. The lowest BCUT2D eigenvalue weighted by Gasteiger charge is -2.16. The number of nitrogens with zero attached hydrogens (tertiary/aromatic N) is 1. The molecule has 0 saturated carbocycles. The van der Waals surface area contributed by atoms with E-state index in [9.17, 15) is 9.18 Å². The Hall–Kier alpha value is -2.19. The molecule has 0 aliphatic rings. The van der Waals surface area contributed by atoms with E-state index in [1.54, 1.807) is 4.57 Å². The van der Waals surface area contributed by atoms with Crippen LogP contribution in [0.3, 0.4) is 0 Å². The number of halogens is 1. The quantitative estimate of drug-likeness (QED) is 0.788. The van der Waals surface area contributed by atoms with Crippen molar-refractivity contribution in [1.29, 1.82) is 0 Å². The number of hydrogen-bond acceptors (Lipinski definition) is 5. The first kappa shape index (κ1) is 17.2. The summed E-state index contributed by atoms with van der Waals surface area (Å²) in [7, 11) is 2.83. The van der Waals surface area contributed by atoms with Gasteiger partial charge in [-0.15, -0.1) is 0 Å². The number of H-pyrrole nitrogens is 1. The summed E-state index contributed by atoms with van der Waals surface area (Å²) in [4.78, 5) is 14.4. The van der Waals surface area contributed by atoms with Crippen LogP contribution in [-0.4, -0.2) is 30.3 Å². The van der Waals surface area contributed by atoms with Crippen LogP contribution in [0, 0.1) is 10.6 Å². The van der Waals surface area contributed by atoms with Gasteiger partial charge in [-0.2, -0.15) is 0 Å². The standard InChI is InChI=1S/C15H18FN3O3S/c1-21-12-8-13(22-2)10(16)6-9(12)11-7-14(20)18-15(23)19(11)5-3-4-17/h6-8H,3-5,17H2,1-2H3,(H,18,20,23). The van der Waals surface area contributed by atoms with E-state index in [0.717, 1.165) is 0 Å². The Morgan fingerprint density at radius 1 is 1.26 bits per heavy atom. The number of methoxy groups -OCH3 is 2. The van der Waals surface area contributed by atoms with Gasteiger partial charge in [-0.25, -0.2) is 4.39 Å². The van der Waals surface area contributed by atoms with Gasteiger partial charge in [0.15, 0.2) is 16.3 Å². The Morgan fingerprint density at radius 3 is 2.57 bits per heavy atom. The van der Waals surface area contributed by atoms with E-state index >= 15 is 0 Å². The van der Waals surface area contributed by atoms with Gasteiger partial charge in [0, 0.05) is 24.2 Å². The van der Waals surface area contributed by atoms with Gasteiger partial charge in [-0.3, -0.25) is 9.78 Å². The van der Waals surface area contributed by atoms with Gasteiger partial charge in [-0.1, -0.05) is 0 Å². The molecule has 0 aliphatic carbocycles. The second-order valence-electron chi connectivity index (χ2n) is 4.80. The second-order valence-corrected chi connectivity index (χ2v) is 5.19. The van der Waals surface area contributed by atoms with Crippen molar-refractivity contribution in [1.82, 2.24) is 9.55 Å². The second kappa shape index (κ2) is 7.38. The predicted octanol–water partition coefficient (Wildman–Crippen LogP) is 2.08.